The van der Waals surface area contributed by atoms with Crippen LogP contribution in [0.5, 0.6) is 0 Å². The van der Waals surface area contributed by atoms with Crippen LogP contribution in [-0.2, 0) is 26.2 Å². The van der Waals surface area contributed by atoms with E-state index in [1.54, 1.807) is 0 Å². The van der Waals surface area contributed by atoms with Crippen LogP contribution in [0.3, 0.4) is 0 Å². The molecule has 6 heteroatoms. The number of esters is 1. The Kier molecular flexibility index (Phi) is 5.55. The second-order valence-electron chi connectivity index (χ2n) is 15.2. The Morgan fingerprint density at radius 3 is 2.51 bits per heavy atom. The van der Waals surface area contributed by atoms with Gasteiger partial charge in [0, 0.05) is 23.4 Å². The fraction of sp³-hybridized carbons (Fsp3) is 0.839. The molecule has 9 atom stereocenters. The van der Waals surface area contributed by atoms with Gasteiger partial charge in [-0.3, -0.25) is 9.59 Å². The first-order valence-electron chi connectivity index (χ1n) is 14.6. The smallest absolute Gasteiger partial charge is 0.308 e. The van der Waals surface area contributed by atoms with Gasteiger partial charge in [-0.2, -0.15) is 0 Å². The van der Waals surface area contributed by atoms with Gasteiger partial charge in [-0.15, -0.1) is 0 Å². The Morgan fingerprint density at radius 1 is 1.03 bits per heavy atom. The monoisotopic (exact) mass is 510 g/mol. The van der Waals surface area contributed by atoms with Crippen LogP contribution in [0.15, 0.2) is 10.7 Å². The standard InChI is InChI=1S/C31H46N2O4/c1-28(2)14-19-18(20(15-28)27(35)36-7)8-9-21-25(19)33-24(34)12-23-30(21,5)11-10-22-29(3,4)26-17(16-32-37-26)13-31(22,23)6/h16,18-23,25H,8-15H2,1-7H3,(H,33,34)/t18?,19-,20?,21-,22+,23+,25-,30+,31+/m1/s1. The zero-order chi connectivity index (χ0) is 26.5. The van der Waals surface area contributed by atoms with Gasteiger partial charge in [0.15, 0.2) is 0 Å². The third kappa shape index (κ3) is 3.52. The summed E-state index contributed by atoms with van der Waals surface area (Å²) in [4.78, 5) is 26.7. The average molecular weight is 511 g/mol. The van der Waals surface area contributed by atoms with E-state index in [1.165, 1.54) is 12.7 Å². The van der Waals surface area contributed by atoms with Gasteiger partial charge in [-0.05, 0) is 90.8 Å². The Labute approximate surface area is 222 Å². The third-order valence-electron chi connectivity index (χ3n) is 12.4. The number of hydrogen-bond donors (Lipinski definition) is 1. The number of fused-ring (bicyclic) bond motifs is 8. The first-order chi connectivity index (χ1) is 17.3. The molecule has 1 aromatic rings. The van der Waals surface area contributed by atoms with Gasteiger partial charge in [-0.25, -0.2) is 0 Å². The molecule has 4 aliphatic carbocycles. The van der Waals surface area contributed by atoms with Crippen molar-refractivity contribution in [3.05, 3.63) is 17.5 Å². The van der Waals surface area contributed by atoms with E-state index in [4.69, 9.17) is 9.26 Å². The van der Waals surface area contributed by atoms with E-state index in [9.17, 15) is 9.59 Å². The topological polar surface area (TPSA) is 81.4 Å². The van der Waals surface area contributed by atoms with E-state index in [1.807, 2.05) is 6.20 Å². The predicted molar refractivity (Wildman–Crippen MR) is 140 cm³/mol. The lowest BCUT2D eigenvalue weighted by atomic mass is 9.40. The van der Waals surface area contributed by atoms with Gasteiger partial charge in [0.25, 0.3) is 0 Å². The first kappa shape index (κ1) is 25.4. The van der Waals surface area contributed by atoms with E-state index in [2.05, 4.69) is 52.0 Å². The summed E-state index contributed by atoms with van der Waals surface area (Å²) in [7, 11) is 1.52. The number of carbonyl (C=O) groups excluding carboxylic acids is 2. The van der Waals surface area contributed by atoms with E-state index in [-0.39, 0.29) is 45.5 Å². The molecule has 0 radical (unpaired) electrons. The molecule has 0 bridgehead atoms. The molecule has 1 N–H and O–H groups in total. The summed E-state index contributed by atoms with van der Waals surface area (Å²) < 4.78 is 11.1. The summed E-state index contributed by atoms with van der Waals surface area (Å²) in [5.74, 6) is 2.94. The minimum atomic E-state index is -0.0961. The molecule has 4 fully saturated rings. The van der Waals surface area contributed by atoms with E-state index >= 15 is 0 Å². The Hall–Kier alpha value is -1.85. The SMILES string of the molecule is COC(=O)C1CC(C)(C)C[C@@H]2C1CC[C@@H]1[C@@H]2NC(=O)C[C@H]2[C@@]1(C)CC[C@H]1C(C)(C)c3oncc3C[C@]21C. The van der Waals surface area contributed by atoms with Gasteiger partial charge in [0.1, 0.15) is 5.76 Å². The van der Waals surface area contributed by atoms with E-state index in [0.29, 0.717) is 36.0 Å². The van der Waals surface area contributed by atoms with Gasteiger partial charge in [-0.1, -0.05) is 46.7 Å². The number of aromatic nitrogens is 1. The maximum absolute atomic E-state index is 13.8. The Balaban J connectivity index is 1.40. The van der Waals surface area contributed by atoms with Crippen LogP contribution >= 0.6 is 0 Å². The highest BCUT2D eigenvalue weighted by atomic mass is 16.5. The van der Waals surface area contributed by atoms with Crippen LogP contribution in [0.4, 0.5) is 0 Å². The highest BCUT2D eigenvalue weighted by Gasteiger charge is 2.66. The number of hydrogen-bond acceptors (Lipinski definition) is 5. The molecular formula is C31H46N2O4. The zero-order valence-corrected chi connectivity index (χ0v) is 23.9. The third-order valence-corrected chi connectivity index (χ3v) is 12.4. The molecule has 0 aromatic carbocycles. The average Bonchev–Trinajstić information content (AvgIpc) is 3.24. The van der Waals surface area contributed by atoms with Crippen LogP contribution in [0.25, 0.3) is 0 Å². The molecule has 5 aliphatic rings. The Bertz CT molecular complexity index is 1110. The van der Waals surface area contributed by atoms with Crippen molar-refractivity contribution >= 4 is 11.9 Å². The van der Waals surface area contributed by atoms with Gasteiger partial charge in [0.05, 0.1) is 19.2 Å². The fourth-order valence-electron chi connectivity index (χ4n) is 11.1. The van der Waals surface area contributed by atoms with Crippen LogP contribution in [0.1, 0.15) is 97.8 Å². The van der Waals surface area contributed by atoms with Crippen molar-refractivity contribution in [3.8, 4) is 0 Å². The minimum Gasteiger partial charge on any atom is -0.469 e. The molecule has 2 heterocycles. The number of amides is 1. The van der Waals surface area contributed by atoms with Gasteiger partial charge < -0.3 is 14.6 Å². The second-order valence-corrected chi connectivity index (χ2v) is 15.2. The highest BCUT2D eigenvalue weighted by molar-refractivity contribution is 5.77. The lowest BCUT2D eigenvalue weighted by Gasteiger charge is -2.64. The summed E-state index contributed by atoms with van der Waals surface area (Å²) in [6.07, 6.45) is 9.82. The summed E-state index contributed by atoms with van der Waals surface area (Å²) in [5, 5.41) is 7.81. The normalized spacial score (nSPS) is 45.6. The second kappa shape index (κ2) is 8.08. The maximum atomic E-state index is 13.8. The molecule has 3 saturated carbocycles. The Morgan fingerprint density at radius 2 is 1.78 bits per heavy atom. The number of carbonyl (C=O) groups is 2. The molecule has 6 nitrogen and oxygen atoms in total. The van der Waals surface area contributed by atoms with Crippen molar-refractivity contribution in [1.29, 1.82) is 0 Å². The summed E-state index contributed by atoms with van der Waals surface area (Å²) in [5.41, 5.74) is 1.28. The summed E-state index contributed by atoms with van der Waals surface area (Å²) >= 11 is 0. The molecule has 1 aromatic heterocycles. The number of rotatable bonds is 1. The van der Waals surface area contributed by atoms with Crippen molar-refractivity contribution in [2.75, 3.05) is 7.11 Å². The van der Waals surface area contributed by atoms with E-state index < -0.39 is 0 Å². The lowest BCUT2D eigenvalue weighted by Crippen LogP contribution is -2.62. The predicted octanol–water partition coefficient (Wildman–Crippen LogP) is 5.69. The molecule has 6 rings (SSSR count). The molecule has 37 heavy (non-hydrogen) atoms. The zero-order valence-electron chi connectivity index (χ0n) is 23.9. The molecule has 0 spiro atoms. The molecule has 1 amide bonds. The van der Waals surface area contributed by atoms with Gasteiger partial charge in [0.2, 0.25) is 5.91 Å². The summed E-state index contributed by atoms with van der Waals surface area (Å²) in [6, 6.07) is 0.135. The van der Waals surface area contributed by atoms with Crippen molar-refractivity contribution < 1.29 is 18.8 Å². The molecule has 1 saturated heterocycles. The maximum Gasteiger partial charge on any atom is 0.308 e. The van der Waals surface area contributed by atoms with Crippen molar-refractivity contribution in [2.24, 2.45) is 51.8 Å². The van der Waals surface area contributed by atoms with Crippen molar-refractivity contribution in [3.63, 3.8) is 0 Å². The van der Waals surface area contributed by atoms with Crippen LogP contribution in [0, 0.1) is 51.8 Å². The largest absolute Gasteiger partial charge is 0.469 e. The van der Waals surface area contributed by atoms with Crippen LogP contribution in [0.2, 0.25) is 0 Å². The quantitative estimate of drug-likeness (QED) is 0.491. The van der Waals surface area contributed by atoms with Crippen LogP contribution < -0.4 is 5.32 Å². The molecule has 204 valence electrons. The number of ether oxygens (including phenoxy) is 1. The number of nitrogens with zero attached hydrogens (tertiary/aromatic N) is 1. The van der Waals surface area contributed by atoms with Crippen molar-refractivity contribution in [1.82, 2.24) is 10.5 Å². The van der Waals surface area contributed by atoms with Crippen LogP contribution in [-0.4, -0.2) is 30.2 Å². The van der Waals surface area contributed by atoms with E-state index in [0.717, 1.165) is 50.7 Å². The fourth-order valence-corrected chi connectivity index (χ4v) is 11.1. The molecule has 1 aliphatic heterocycles. The highest BCUT2D eigenvalue weighted by Crippen LogP contribution is 2.68. The first-order valence-corrected chi connectivity index (χ1v) is 14.6. The van der Waals surface area contributed by atoms with Gasteiger partial charge >= 0.3 is 5.97 Å². The van der Waals surface area contributed by atoms with Crippen molar-refractivity contribution in [2.45, 2.75) is 104 Å². The molecular weight excluding hydrogens is 464 g/mol. The number of nitrogens with one attached hydrogen (secondary N) is 1. The number of methoxy groups -OCH3 is 1. The summed E-state index contributed by atoms with van der Waals surface area (Å²) in [6.45, 7) is 14.2. The minimum absolute atomic E-state index is 0.0124. The lowest BCUT2D eigenvalue weighted by molar-refractivity contribution is -0.159. The molecule has 2 unspecified atom stereocenters.